The maximum Gasteiger partial charge on any atom is 0.410 e. The number of ether oxygens (including phenoxy) is 9. The molecule has 0 aromatic heterocycles. The number of nitrogens with zero attached hydrogens (tertiary/aromatic N) is 3. The summed E-state index contributed by atoms with van der Waals surface area (Å²) < 4.78 is 70.2. The Hall–Kier alpha value is -7.38. The predicted octanol–water partition coefficient (Wildman–Crippen LogP) is 4.86. The van der Waals surface area contributed by atoms with E-state index in [0.29, 0.717) is 31.4 Å². The van der Waals surface area contributed by atoms with Crippen LogP contribution in [-0.2, 0) is 91.9 Å². The van der Waals surface area contributed by atoms with Crippen molar-refractivity contribution in [3.63, 3.8) is 0 Å². The minimum Gasteiger partial charge on any atom is -0.467 e. The fraction of sp³-hybridized carbons (Fsp3) is 0.641. The first-order chi connectivity index (χ1) is 43.8. The number of hydrogen-bond donors (Lipinski definition) is 5. The molecule has 518 valence electrons. The van der Waals surface area contributed by atoms with E-state index in [2.05, 4.69) is 15.7 Å². The number of nitrogens with one attached hydrogen (secondary N) is 3. The van der Waals surface area contributed by atoms with Crippen LogP contribution in [-0.4, -0.2) is 207 Å². The highest BCUT2D eigenvalue weighted by Gasteiger charge is 2.56. The van der Waals surface area contributed by atoms with Crippen LogP contribution in [0.2, 0.25) is 0 Å². The maximum absolute atomic E-state index is 14.9. The number of methoxy groups -OCH3 is 3. The third-order valence-corrected chi connectivity index (χ3v) is 17.8. The summed E-state index contributed by atoms with van der Waals surface area (Å²) >= 11 is 0. The summed E-state index contributed by atoms with van der Waals surface area (Å²) in [6, 6.07) is 8.73. The van der Waals surface area contributed by atoms with Crippen molar-refractivity contribution >= 4 is 66.8 Å². The predicted molar refractivity (Wildman–Crippen MR) is 336 cm³/mol. The number of hydrogen-bond acceptors (Lipinski definition) is 22. The summed E-state index contributed by atoms with van der Waals surface area (Å²) in [6.07, 6.45) is -5.16. The Morgan fingerprint density at radius 3 is 1.99 bits per heavy atom. The molecule has 29 heteroatoms. The van der Waals surface area contributed by atoms with Crippen molar-refractivity contribution in [2.45, 2.75) is 188 Å². The van der Waals surface area contributed by atoms with Gasteiger partial charge in [0.25, 0.3) is 0 Å². The largest absolute Gasteiger partial charge is 0.467 e. The van der Waals surface area contributed by atoms with E-state index in [1.165, 1.54) is 44.4 Å². The molecule has 4 rings (SSSR count). The second-order valence-corrected chi connectivity index (χ2v) is 25.6. The number of aliphatic hydroxyl groups is 2. The topological polar surface area (TPSA) is 349 Å². The van der Waals surface area contributed by atoms with Crippen LogP contribution in [0.15, 0.2) is 48.5 Å². The van der Waals surface area contributed by atoms with Gasteiger partial charge in [-0.05, 0) is 60.8 Å². The van der Waals surface area contributed by atoms with Crippen molar-refractivity contribution in [3.05, 3.63) is 59.7 Å². The van der Waals surface area contributed by atoms with Crippen molar-refractivity contribution in [1.82, 2.24) is 25.3 Å². The zero-order valence-electron chi connectivity index (χ0n) is 56.0. The second-order valence-electron chi connectivity index (χ2n) is 23.8. The van der Waals surface area contributed by atoms with Crippen molar-refractivity contribution in [2.24, 2.45) is 23.7 Å². The number of anilines is 1. The molecule has 3 unspecified atom stereocenters. The quantitative estimate of drug-likeness (QED) is 0.0276. The number of amides is 5. The number of likely N-dealkylation sites (tertiary alicyclic amines) is 1. The third-order valence-electron chi connectivity index (χ3n) is 16.4. The van der Waals surface area contributed by atoms with Crippen molar-refractivity contribution in [1.29, 1.82) is 0 Å². The van der Waals surface area contributed by atoms with Crippen LogP contribution >= 0.6 is 7.52 Å². The first kappa shape index (κ1) is 78.1. The smallest absolute Gasteiger partial charge is 0.410 e. The van der Waals surface area contributed by atoms with Gasteiger partial charge in [-0.15, -0.1) is 6.42 Å². The molecule has 0 saturated carbocycles. The van der Waals surface area contributed by atoms with E-state index in [9.17, 15) is 57.9 Å². The molecule has 2 aliphatic heterocycles. The Morgan fingerprint density at radius 2 is 1.44 bits per heavy atom. The van der Waals surface area contributed by atoms with Crippen molar-refractivity contribution < 1.29 is 105 Å². The Kier molecular flexibility index (Phi) is 30.5. The molecular formula is C64H95N6O22P. The lowest BCUT2D eigenvalue weighted by atomic mass is 9.89. The van der Waals surface area contributed by atoms with Gasteiger partial charge in [0.1, 0.15) is 24.4 Å². The minimum atomic E-state index is -4.36. The molecule has 0 spiro atoms. The molecule has 2 aromatic rings. The Bertz CT molecular complexity index is 2970. The number of carbonyl (C=O) groups excluding carboxylic acids is 9. The molecule has 5 N–H and O–H groups in total. The fourth-order valence-electron chi connectivity index (χ4n) is 11.5. The minimum absolute atomic E-state index is 0.134. The van der Waals surface area contributed by atoms with Gasteiger partial charge in [0, 0.05) is 61.3 Å². The average Bonchev–Trinajstić information content (AvgIpc) is 1.01. The van der Waals surface area contributed by atoms with Crippen LogP contribution in [0.25, 0.3) is 0 Å². The van der Waals surface area contributed by atoms with Crippen LogP contribution < -0.4 is 20.5 Å². The zero-order valence-corrected chi connectivity index (χ0v) is 56.9. The van der Waals surface area contributed by atoms with Crippen LogP contribution in [0, 0.1) is 35.8 Å². The molecule has 2 aromatic carbocycles. The lowest BCUT2D eigenvalue weighted by Crippen LogP contribution is -2.64. The van der Waals surface area contributed by atoms with E-state index in [1.54, 1.807) is 77.8 Å². The summed E-state index contributed by atoms with van der Waals surface area (Å²) in [5, 5.41) is 28.9. The highest BCUT2D eigenvalue weighted by atomic mass is 31.2. The number of terminal acetylenes is 1. The lowest BCUT2D eigenvalue weighted by Gasteiger charge is -2.43. The molecule has 2 heterocycles. The number of benzene rings is 2. The van der Waals surface area contributed by atoms with Crippen LogP contribution in [0.3, 0.4) is 0 Å². The maximum atomic E-state index is 14.9. The number of rotatable bonds is 33. The van der Waals surface area contributed by atoms with Gasteiger partial charge >= 0.3 is 37.5 Å². The molecular weight excluding hydrogens is 1240 g/mol. The number of aliphatic hydroxyl groups excluding tert-OH is 2. The highest BCUT2D eigenvalue weighted by Crippen LogP contribution is 2.48. The van der Waals surface area contributed by atoms with E-state index < -0.39 is 166 Å². The van der Waals surface area contributed by atoms with Crippen molar-refractivity contribution in [2.75, 3.05) is 60.3 Å². The zero-order chi connectivity index (χ0) is 69.8. The molecule has 2 fully saturated rings. The van der Waals surface area contributed by atoms with Gasteiger partial charge < -0.3 is 82.9 Å². The SMILES string of the molecule is C#CP(=O)(Nc1cc(COC(=O)N(C)[C@@H](C(=O)N[C@@H](C(=O)N(C)[C@H]([C@H](C)CC)[C@H](CC(=O)N2CCC[C@@H]2[C@@H](OC)[C@H](C)C(=O)N[C@@H](C)[C@H](O)c2ccccc2)OC)C(C)C)C(C)C)ccc1O[C@@H]1OC(C(=O)OC)[C@@H](OC(C)=O)[C@H](OC(C)=O)C1OC(C)=O)OCCO. The van der Waals surface area contributed by atoms with Gasteiger partial charge in [-0.1, -0.05) is 91.3 Å². The van der Waals surface area contributed by atoms with E-state index in [4.69, 9.17) is 53.6 Å². The summed E-state index contributed by atoms with van der Waals surface area (Å²) in [7, 11) is 2.54. The molecule has 16 atom stereocenters. The standard InChI is InChI=1S/C64H95N6O22P/c1-18-37(7)52(48(83-15)33-49(75)70-29-23-26-46(70)54(84-16)38(8)59(77)65-39(9)53(76)44-24-21-20-22-25-44)68(13)61(79)50(35(3)4)66-60(78)51(36(5)6)69(14)64(81)86-34-43-27-28-47(45(32-43)67-93(82,19-2)87-31-30-71)91-63-58(90-42(12)74)56(89-41(11)73)55(88-40(10)72)57(92-63)62(80)85-17/h2,20-22,24-25,27-28,32,35-39,46,48,50-58,63,71,76H,18,23,26,29-31,33-34H2,1,3-17H3,(H,65,77)(H,66,78)(H,67,82)/t37-,38+,39+,46-,48+,50-,51-,52-,53+,54+,55+,56+,57?,58?,63-,93?/m1/s1. The van der Waals surface area contributed by atoms with E-state index in [1.807, 2.05) is 25.6 Å². The van der Waals surface area contributed by atoms with Gasteiger partial charge in [-0.25, -0.2) is 9.59 Å². The molecule has 0 bridgehead atoms. The second kappa shape index (κ2) is 36.3. The van der Waals surface area contributed by atoms with Gasteiger partial charge in [0.05, 0.1) is 74.8 Å². The van der Waals surface area contributed by atoms with Gasteiger partial charge in [-0.3, -0.25) is 43.0 Å². The number of likely N-dealkylation sites (N-methyl/N-ethyl adjacent to an activating group) is 2. The molecule has 5 amide bonds. The average molecular weight is 1330 g/mol. The Labute approximate surface area is 544 Å². The Morgan fingerprint density at radius 1 is 0.817 bits per heavy atom. The number of esters is 4. The summed E-state index contributed by atoms with van der Waals surface area (Å²) in [5.41, 5.74) is 2.59. The third kappa shape index (κ3) is 21.1. The van der Waals surface area contributed by atoms with E-state index >= 15 is 0 Å². The monoisotopic (exact) mass is 1330 g/mol. The molecule has 93 heavy (non-hydrogen) atoms. The first-order valence-corrected chi connectivity index (χ1v) is 32.5. The molecule has 0 aliphatic carbocycles. The Balaban J connectivity index is 1.57. The number of carbonyl (C=O) groups is 9. The van der Waals surface area contributed by atoms with Crippen LogP contribution in [0.4, 0.5) is 10.5 Å². The normalized spacial score (nSPS) is 21.5. The molecule has 2 aliphatic rings. The van der Waals surface area contributed by atoms with Gasteiger partial charge in [0.15, 0.2) is 18.3 Å². The molecule has 28 nitrogen and oxygen atoms in total. The summed E-state index contributed by atoms with van der Waals surface area (Å²) in [4.78, 5) is 126. The lowest BCUT2D eigenvalue weighted by molar-refractivity contribution is -0.282. The molecule has 0 radical (unpaired) electrons. The summed E-state index contributed by atoms with van der Waals surface area (Å²) in [5.74, 6) is -8.06. The van der Waals surface area contributed by atoms with E-state index in [0.717, 1.165) is 32.8 Å². The van der Waals surface area contributed by atoms with E-state index in [-0.39, 0.29) is 41.2 Å². The highest BCUT2D eigenvalue weighted by molar-refractivity contribution is 7.65. The van der Waals surface area contributed by atoms with Crippen LogP contribution in [0.1, 0.15) is 119 Å². The summed E-state index contributed by atoms with van der Waals surface area (Å²) in [6.45, 7) is 16.0. The first-order valence-electron chi connectivity index (χ1n) is 30.8. The van der Waals surface area contributed by atoms with Gasteiger partial charge in [0.2, 0.25) is 36.0 Å². The fourth-order valence-corrected chi connectivity index (χ4v) is 12.6. The van der Waals surface area contributed by atoms with Crippen molar-refractivity contribution in [3.8, 4) is 17.8 Å². The molecule has 2 saturated heterocycles. The van der Waals surface area contributed by atoms with Crippen LogP contribution in [0.5, 0.6) is 5.75 Å². The van der Waals surface area contributed by atoms with Gasteiger partial charge in [-0.2, -0.15) is 0 Å².